The Morgan fingerprint density at radius 3 is 2.38 bits per heavy atom. The van der Waals surface area contributed by atoms with E-state index in [9.17, 15) is 35.3 Å². The van der Waals surface area contributed by atoms with Gasteiger partial charge in [0, 0.05) is 24.6 Å². The molecule has 132 valence electrons. The van der Waals surface area contributed by atoms with E-state index in [2.05, 4.69) is 5.32 Å². The monoisotopic (exact) mass is 342 g/mol. The van der Waals surface area contributed by atoms with Gasteiger partial charge in [0.1, 0.15) is 24.4 Å². The van der Waals surface area contributed by atoms with Crippen LogP contribution in [0.1, 0.15) is 12.5 Å². The molecule has 1 saturated heterocycles. The average Bonchev–Trinajstić information content (AvgIpc) is 2.55. The second kappa shape index (κ2) is 6.79. The highest BCUT2D eigenvalue weighted by molar-refractivity contribution is 5.73. The first-order valence-corrected chi connectivity index (χ1v) is 7.10. The Kier molecular flexibility index (Phi) is 5.16. The number of carbonyl (C=O) groups is 1. The summed E-state index contributed by atoms with van der Waals surface area (Å²) in [6.07, 6.45) is -4.50. The summed E-state index contributed by atoms with van der Waals surface area (Å²) in [5.74, 6) is -2.90. The second-order valence-electron chi connectivity index (χ2n) is 5.50. The van der Waals surface area contributed by atoms with Crippen molar-refractivity contribution in [3.63, 3.8) is 0 Å². The number of amides is 1. The van der Waals surface area contributed by atoms with Crippen LogP contribution in [0.4, 0.5) is 5.69 Å². The zero-order valence-corrected chi connectivity index (χ0v) is 12.7. The molecule has 0 unspecified atom stereocenters. The van der Waals surface area contributed by atoms with Crippen LogP contribution in [0.15, 0.2) is 24.3 Å². The molecule has 0 aliphatic carbocycles. The number of hydrogen-bond acceptors (Lipinski definition) is 8. The molecule has 1 aliphatic heterocycles. The number of hydrogen-bond donors (Lipinski definition) is 5. The van der Waals surface area contributed by atoms with E-state index in [-0.39, 0.29) is 11.3 Å². The fraction of sp³-hybridized carbons (Fsp3) is 0.500. The molecule has 0 saturated carbocycles. The second-order valence-corrected chi connectivity index (χ2v) is 5.50. The van der Waals surface area contributed by atoms with Gasteiger partial charge in [-0.05, 0) is 12.1 Å². The third kappa shape index (κ3) is 3.23. The zero-order chi connectivity index (χ0) is 18.1. The maximum absolute atomic E-state index is 11.4. The minimum absolute atomic E-state index is 0.0104. The van der Waals surface area contributed by atoms with E-state index in [4.69, 9.17) is 4.74 Å². The summed E-state index contributed by atoms with van der Waals surface area (Å²) in [6.45, 7) is 0.452. The molecule has 1 aromatic carbocycles. The molecule has 0 radical (unpaired) electrons. The number of nitro benzene ring substituents is 1. The van der Waals surface area contributed by atoms with Gasteiger partial charge in [-0.25, -0.2) is 0 Å². The van der Waals surface area contributed by atoms with Crippen molar-refractivity contribution in [1.82, 2.24) is 5.32 Å². The minimum Gasteiger partial charge on any atom is -0.394 e. The number of ether oxygens (including phenoxy) is 1. The van der Waals surface area contributed by atoms with Crippen LogP contribution in [0.3, 0.4) is 0 Å². The molecular formula is C14H18N2O8. The van der Waals surface area contributed by atoms with Crippen molar-refractivity contribution in [2.24, 2.45) is 0 Å². The highest BCUT2D eigenvalue weighted by Gasteiger charge is 2.54. The fourth-order valence-corrected chi connectivity index (χ4v) is 2.64. The number of nitrogens with one attached hydrogen (secondary N) is 1. The average molecular weight is 342 g/mol. The topological polar surface area (TPSA) is 162 Å². The fourth-order valence-electron chi connectivity index (χ4n) is 2.64. The number of non-ortho nitro benzene ring substituents is 1. The van der Waals surface area contributed by atoms with Gasteiger partial charge in [-0.2, -0.15) is 0 Å². The van der Waals surface area contributed by atoms with Crippen molar-refractivity contribution in [1.29, 1.82) is 0 Å². The Bertz CT molecular complexity index is 622. The van der Waals surface area contributed by atoms with Crippen molar-refractivity contribution in [3.05, 3.63) is 39.9 Å². The molecule has 10 heteroatoms. The van der Waals surface area contributed by atoms with Gasteiger partial charge < -0.3 is 30.5 Å². The van der Waals surface area contributed by atoms with Crippen molar-refractivity contribution < 1.29 is 34.9 Å². The Balaban J connectivity index is 2.46. The van der Waals surface area contributed by atoms with Gasteiger partial charge >= 0.3 is 0 Å². The van der Waals surface area contributed by atoms with Crippen LogP contribution in [0.2, 0.25) is 0 Å². The molecule has 0 bridgehead atoms. The predicted octanol–water partition coefficient (Wildman–Crippen LogP) is -1.64. The molecule has 24 heavy (non-hydrogen) atoms. The number of rotatable bonds is 4. The molecule has 1 amide bonds. The standard InChI is InChI=1S/C14H18N2O8/c1-7(18)15-13-12(20)11(19)10(6-17)24-14(13,21)8-2-4-9(5-3-8)16(22)23/h2-5,10-13,17,19-21H,6H2,1H3,(H,15,18)/t10-,11-,12+,13-,14+/m1/s1. The molecule has 1 aliphatic rings. The molecule has 1 fully saturated rings. The summed E-state index contributed by atoms with van der Waals surface area (Å²) >= 11 is 0. The van der Waals surface area contributed by atoms with Crippen molar-refractivity contribution in [2.45, 2.75) is 37.1 Å². The molecule has 5 N–H and O–H groups in total. The first kappa shape index (κ1) is 18.2. The van der Waals surface area contributed by atoms with Crippen LogP contribution >= 0.6 is 0 Å². The summed E-state index contributed by atoms with van der Waals surface area (Å²) in [4.78, 5) is 21.5. The first-order chi connectivity index (χ1) is 11.2. The van der Waals surface area contributed by atoms with Crippen LogP contribution in [0.5, 0.6) is 0 Å². The van der Waals surface area contributed by atoms with E-state index in [0.29, 0.717) is 0 Å². The number of aliphatic hydroxyl groups is 4. The number of benzene rings is 1. The van der Waals surface area contributed by atoms with Gasteiger partial charge in [0.2, 0.25) is 11.7 Å². The molecule has 10 nitrogen and oxygen atoms in total. The molecule has 1 aromatic rings. The normalized spacial score (nSPS) is 33.0. The van der Waals surface area contributed by atoms with Crippen molar-refractivity contribution >= 4 is 11.6 Å². The summed E-state index contributed by atoms with van der Waals surface area (Å²) in [6, 6.07) is 3.19. The quantitative estimate of drug-likeness (QED) is 0.321. The van der Waals surface area contributed by atoms with E-state index in [0.717, 1.165) is 19.1 Å². The lowest BCUT2D eigenvalue weighted by molar-refractivity contribution is -0.385. The predicted molar refractivity (Wildman–Crippen MR) is 78.6 cm³/mol. The summed E-state index contributed by atoms with van der Waals surface area (Å²) < 4.78 is 5.32. The molecule has 1 heterocycles. The van der Waals surface area contributed by atoms with Gasteiger partial charge in [-0.3, -0.25) is 14.9 Å². The Labute approximate surface area is 136 Å². The lowest BCUT2D eigenvalue weighted by Gasteiger charge is -2.47. The summed E-state index contributed by atoms with van der Waals surface area (Å²) in [7, 11) is 0. The Hall–Kier alpha value is -2.11. The number of nitro groups is 1. The van der Waals surface area contributed by atoms with Crippen molar-refractivity contribution in [3.8, 4) is 0 Å². The van der Waals surface area contributed by atoms with E-state index < -0.39 is 47.6 Å². The SMILES string of the molecule is CC(=O)N[C@@H]1[C@@H](O)[C@H](O)[C@@H](CO)O[C@@]1(O)c1ccc([N+](=O)[O-])cc1. The first-order valence-electron chi connectivity index (χ1n) is 7.10. The lowest BCUT2D eigenvalue weighted by atomic mass is 9.86. The Morgan fingerprint density at radius 2 is 1.92 bits per heavy atom. The van der Waals surface area contributed by atoms with E-state index in [1.54, 1.807) is 0 Å². The number of carbonyl (C=O) groups excluding carboxylic acids is 1. The molecule has 0 spiro atoms. The summed E-state index contributed by atoms with van der Waals surface area (Å²) in [5.41, 5.74) is -0.218. The van der Waals surface area contributed by atoms with Gasteiger partial charge in [0.05, 0.1) is 11.5 Å². The highest BCUT2D eigenvalue weighted by atomic mass is 16.6. The molecule has 0 aromatic heterocycles. The molecule has 2 rings (SSSR count). The van der Waals surface area contributed by atoms with Gasteiger partial charge in [0.15, 0.2) is 0 Å². The summed E-state index contributed by atoms with van der Waals surface area (Å²) in [5, 5.41) is 53.3. The smallest absolute Gasteiger partial charge is 0.269 e. The van der Waals surface area contributed by atoms with Crippen LogP contribution < -0.4 is 5.32 Å². The van der Waals surface area contributed by atoms with E-state index in [1.165, 1.54) is 12.1 Å². The van der Waals surface area contributed by atoms with Crippen molar-refractivity contribution in [2.75, 3.05) is 6.61 Å². The van der Waals surface area contributed by atoms with Gasteiger partial charge in [0.25, 0.3) is 5.69 Å². The van der Waals surface area contributed by atoms with Gasteiger partial charge in [-0.15, -0.1) is 0 Å². The Morgan fingerprint density at radius 1 is 1.33 bits per heavy atom. The molecular weight excluding hydrogens is 324 g/mol. The molecule has 5 atom stereocenters. The largest absolute Gasteiger partial charge is 0.394 e. The van der Waals surface area contributed by atoms with Crippen LogP contribution in [0.25, 0.3) is 0 Å². The van der Waals surface area contributed by atoms with E-state index in [1.807, 2.05) is 0 Å². The third-order valence-electron chi connectivity index (χ3n) is 3.86. The maximum Gasteiger partial charge on any atom is 0.269 e. The van der Waals surface area contributed by atoms with Crippen LogP contribution in [-0.2, 0) is 15.3 Å². The number of nitrogens with zero attached hydrogens (tertiary/aromatic N) is 1. The minimum atomic E-state index is -2.30. The van der Waals surface area contributed by atoms with Crippen LogP contribution in [0, 0.1) is 10.1 Å². The lowest BCUT2D eigenvalue weighted by Crippen LogP contribution is -2.68. The third-order valence-corrected chi connectivity index (χ3v) is 3.86. The highest BCUT2D eigenvalue weighted by Crippen LogP contribution is 2.36. The number of aliphatic hydroxyl groups excluding tert-OH is 3. The van der Waals surface area contributed by atoms with Crippen LogP contribution in [-0.4, -0.2) is 62.2 Å². The van der Waals surface area contributed by atoms with E-state index >= 15 is 0 Å². The maximum atomic E-state index is 11.4. The van der Waals surface area contributed by atoms with Gasteiger partial charge in [-0.1, -0.05) is 0 Å². The zero-order valence-electron chi connectivity index (χ0n) is 12.7.